The number of rotatable bonds is 16. The van der Waals surface area contributed by atoms with Crippen LogP contribution in [0, 0.1) is 0 Å². The summed E-state index contributed by atoms with van der Waals surface area (Å²) >= 11 is 0. The maximum absolute atomic E-state index is 6.25. The predicted octanol–water partition coefficient (Wildman–Crippen LogP) is 11.6. The van der Waals surface area contributed by atoms with Crippen LogP contribution in [0.25, 0.3) is 54.1 Å². The fourth-order valence-corrected chi connectivity index (χ4v) is 6.88. The normalized spacial score (nSPS) is 12.0. The molecule has 0 radical (unpaired) electrons. The van der Waals surface area contributed by atoms with Gasteiger partial charge < -0.3 is 18.6 Å². The highest BCUT2D eigenvalue weighted by Crippen LogP contribution is 2.37. The lowest BCUT2D eigenvalue weighted by molar-refractivity contribution is 0.285. The molecule has 0 aliphatic rings. The topological polar surface area (TPSA) is 28.3 Å². The molecule has 0 unspecified atom stereocenters. The predicted molar refractivity (Wildman–Crippen MR) is 190 cm³/mol. The van der Waals surface area contributed by atoms with E-state index < -0.39 is 0 Å². The third-order valence-corrected chi connectivity index (χ3v) is 9.56. The number of unbranched alkanes of at least 4 members (excludes halogenated alkanes) is 10. The second-order valence-electron chi connectivity index (χ2n) is 12.8. The molecule has 0 aliphatic heterocycles. The van der Waals surface area contributed by atoms with Crippen LogP contribution in [0.2, 0.25) is 0 Å². The van der Waals surface area contributed by atoms with Gasteiger partial charge in [0.05, 0.1) is 24.2 Å². The Hall–Kier alpha value is -3.66. The summed E-state index contributed by atoms with van der Waals surface area (Å²) in [6, 6.07) is 22.9. The van der Waals surface area contributed by atoms with Crippen LogP contribution in [0.5, 0.6) is 11.8 Å². The second kappa shape index (κ2) is 14.0. The van der Waals surface area contributed by atoms with E-state index in [0.29, 0.717) is 0 Å². The van der Waals surface area contributed by atoms with Gasteiger partial charge in [0, 0.05) is 37.0 Å². The molecule has 0 N–H and O–H groups in total. The Morgan fingerprint density at radius 2 is 0.841 bits per heavy atom. The molecule has 0 saturated heterocycles. The first kappa shape index (κ1) is 30.4. The number of ether oxygens (including phenoxy) is 2. The molecule has 2 aromatic heterocycles. The van der Waals surface area contributed by atoms with Gasteiger partial charge in [-0.15, -0.1) is 0 Å². The molecule has 6 aromatic rings. The van der Waals surface area contributed by atoms with Crippen molar-refractivity contribution in [3.05, 3.63) is 60.7 Å². The molecule has 0 atom stereocenters. The summed E-state index contributed by atoms with van der Waals surface area (Å²) in [5.74, 6) is 1.92. The van der Waals surface area contributed by atoms with Gasteiger partial charge in [-0.3, -0.25) is 0 Å². The van der Waals surface area contributed by atoms with Crippen molar-refractivity contribution in [3.63, 3.8) is 0 Å². The van der Waals surface area contributed by atoms with E-state index >= 15 is 0 Å². The largest absolute Gasteiger partial charge is 0.479 e. The van der Waals surface area contributed by atoms with Crippen molar-refractivity contribution < 1.29 is 9.47 Å². The zero-order chi connectivity index (χ0) is 30.5. The third kappa shape index (κ3) is 6.27. The fourth-order valence-electron chi connectivity index (χ4n) is 6.88. The summed E-state index contributed by atoms with van der Waals surface area (Å²) in [5.41, 5.74) is 2.44. The van der Waals surface area contributed by atoms with Crippen LogP contribution in [0.1, 0.15) is 90.9 Å². The quantitative estimate of drug-likeness (QED) is 0.0828. The van der Waals surface area contributed by atoms with E-state index in [-0.39, 0.29) is 0 Å². The summed E-state index contributed by atoms with van der Waals surface area (Å²) in [4.78, 5) is 0. The van der Waals surface area contributed by atoms with Crippen molar-refractivity contribution in [2.75, 3.05) is 13.2 Å². The molecular weight excluding hydrogens is 540 g/mol. The average Bonchev–Trinajstić information content (AvgIpc) is 3.51. The Balaban J connectivity index is 1.25. The summed E-state index contributed by atoms with van der Waals surface area (Å²) < 4.78 is 16.9. The van der Waals surface area contributed by atoms with Crippen molar-refractivity contribution in [3.8, 4) is 11.8 Å². The van der Waals surface area contributed by atoms with Gasteiger partial charge in [-0.25, -0.2) is 0 Å². The molecule has 6 rings (SSSR count). The summed E-state index contributed by atoms with van der Waals surface area (Å²) in [5, 5.41) is 10.2. The van der Waals surface area contributed by atoms with Crippen molar-refractivity contribution in [1.82, 2.24) is 9.13 Å². The molecule has 44 heavy (non-hydrogen) atoms. The van der Waals surface area contributed by atoms with Gasteiger partial charge in [-0.1, -0.05) is 102 Å². The van der Waals surface area contributed by atoms with E-state index in [1.165, 1.54) is 118 Å². The number of nitrogens with zero attached hydrogens (tertiary/aromatic N) is 2. The number of hydrogen-bond acceptors (Lipinski definition) is 2. The second-order valence-corrected chi connectivity index (χ2v) is 12.8. The van der Waals surface area contributed by atoms with Gasteiger partial charge in [0.2, 0.25) is 0 Å². The van der Waals surface area contributed by atoms with Gasteiger partial charge >= 0.3 is 0 Å². The van der Waals surface area contributed by atoms with Crippen molar-refractivity contribution in [2.45, 2.75) is 90.9 Å². The monoisotopic (exact) mass is 590 g/mol. The van der Waals surface area contributed by atoms with Gasteiger partial charge in [0.15, 0.2) is 11.8 Å². The Bertz CT molecular complexity index is 1740. The lowest BCUT2D eigenvalue weighted by Crippen LogP contribution is -2.01. The molecule has 4 heteroatoms. The molecule has 0 bridgehead atoms. The lowest BCUT2D eigenvalue weighted by Gasteiger charge is -2.10. The Morgan fingerprint density at radius 3 is 1.27 bits per heavy atom. The van der Waals surface area contributed by atoms with E-state index in [1.807, 2.05) is 0 Å². The van der Waals surface area contributed by atoms with Gasteiger partial charge in [-0.2, -0.15) is 0 Å². The molecule has 0 spiro atoms. The zero-order valence-electron chi connectivity index (χ0n) is 27.4. The number of aryl methyl sites for hydroxylation is 2. The van der Waals surface area contributed by atoms with Crippen LogP contribution >= 0.6 is 0 Å². The summed E-state index contributed by atoms with van der Waals surface area (Å²) in [6.07, 6.45) is 15.3. The van der Waals surface area contributed by atoms with Crippen molar-refractivity contribution in [2.24, 2.45) is 14.1 Å². The first-order chi connectivity index (χ1) is 21.6. The third-order valence-electron chi connectivity index (χ3n) is 9.56. The van der Waals surface area contributed by atoms with Crippen LogP contribution in [-0.4, -0.2) is 22.3 Å². The van der Waals surface area contributed by atoms with E-state index in [2.05, 4.69) is 97.7 Å². The number of hydrogen-bond donors (Lipinski definition) is 0. The summed E-state index contributed by atoms with van der Waals surface area (Å²) in [7, 11) is 4.24. The Labute approximate surface area is 262 Å². The van der Waals surface area contributed by atoms with Gasteiger partial charge in [-0.05, 0) is 69.4 Å². The molecule has 0 amide bonds. The van der Waals surface area contributed by atoms with Crippen LogP contribution in [-0.2, 0) is 14.1 Å². The van der Waals surface area contributed by atoms with Crippen LogP contribution in [0.3, 0.4) is 0 Å². The van der Waals surface area contributed by atoms with E-state index in [9.17, 15) is 0 Å². The molecule has 2 heterocycles. The number of aromatic nitrogens is 2. The van der Waals surface area contributed by atoms with Crippen LogP contribution in [0.4, 0.5) is 0 Å². The van der Waals surface area contributed by atoms with E-state index in [0.717, 1.165) is 37.8 Å². The standard InChI is InChI=1S/C40H50N2O2/c1-5-7-9-11-13-15-21-43-39-27-31-23-35-29(25-37(31)41(39)3)17-19-34-33(35)20-18-30-26-38-32(24-36(30)34)28-40(42(38)4)44-22-16-14-12-10-8-6-2/h17-20,23-28H,5-16,21-22H2,1-4H3. The molecule has 0 saturated carbocycles. The zero-order valence-corrected chi connectivity index (χ0v) is 27.4. The first-order valence-electron chi connectivity index (χ1n) is 17.2. The minimum atomic E-state index is 0.782. The first-order valence-corrected chi connectivity index (χ1v) is 17.2. The number of benzene rings is 4. The van der Waals surface area contributed by atoms with Crippen LogP contribution in [0.15, 0.2) is 60.7 Å². The molecule has 0 fully saturated rings. The summed E-state index contributed by atoms with van der Waals surface area (Å²) in [6.45, 7) is 6.10. The van der Waals surface area contributed by atoms with E-state index in [1.54, 1.807) is 0 Å². The smallest absolute Gasteiger partial charge is 0.194 e. The fraction of sp³-hybridized carbons (Fsp3) is 0.450. The molecule has 4 nitrogen and oxygen atoms in total. The minimum Gasteiger partial charge on any atom is -0.479 e. The molecular formula is C40H50N2O2. The van der Waals surface area contributed by atoms with Crippen molar-refractivity contribution in [1.29, 1.82) is 0 Å². The number of fused-ring (bicyclic) bond motifs is 7. The highest BCUT2D eigenvalue weighted by atomic mass is 16.5. The van der Waals surface area contributed by atoms with Gasteiger partial charge in [0.25, 0.3) is 0 Å². The molecule has 232 valence electrons. The highest BCUT2D eigenvalue weighted by molar-refractivity contribution is 6.20. The molecule has 4 aromatic carbocycles. The average molecular weight is 591 g/mol. The molecule has 0 aliphatic carbocycles. The Kier molecular flexibility index (Phi) is 9.64. The minimum absolute atomic E-state index is 0.782. The van der Waals surface area contributed by atoms with Gasteiger partial charge in [0.1, 0.15) is 0 Å². The highest BCUT2D eigenvalue weighted by Gasteiger charge is 2.13. The van der Waals surface area contributed by atoms with Crippen LogP contribution < -0.4 is 9.47 Å². The maximum atomic E-state index is 6.25. The Morgan fingerprint density at radius 1 is 0.432 bits per heavy atom. The lowest BCUT2D eigenvalue weighted by atomic mass is 9.95. The maximum Gasteiger partial charge on any atom is 0.194 e. The van der Waals surface area contributed by atoms with Crippen molar-refractivity contribution >= 4 is 54.1 Å². The van der Waals surface area contributed by atoms with E-state index in [4.69, 9.17) is 9.47 Å². The SMILES string of the molecule is CCCCCCCCOc1cc2cc3c(ccc4c5cc6cc(OCCCCCCCC)n(C)c6cc5ccc34)cc2n1C.